The number of aromatic amines is 1. The molecular weight excluding hydrogens is 510 g/mol. The Morgan fingerprint density at radius 3 is 2.85 bits per heavy atom. The van der Waals surface area contributed by atoms with Gasteiger partial charge in [0.15, 0.2) is 6.10 Å². The summed E-state index contributed by atoms with van der Waals surface area (Å²) in [4.78, 5) is 39.1. The third-order valence-electron chi connectivity index (χ3n) is 6.83. The molecule has 0 radical (unpaired) electrons. The highest BCUT2D eigenvalue weighted by Crippen LogP contribution is 2.44. The lowest BCUT2D eigenvalue weighted by atomic mass is 9.90. The third-order valence-corrected chi connectivity index (χ3v) is 8.01. The normalized spacial score (nSPS) is 12.7. The molecule has 0 bridgehead atoms. The van der Waals surface area contributed by atoms with Gasteiger partial charge in [-0.15, -0.1) is 11.3 Å². The summed E-state index contributed by atoms with van der Waals surface area (Å²) in [5.74, 6) is -0.434. The number of rotatable bonds is 6. The van der Waals surface area contributed by atoms with Crippen LogP contribution in [0.5, 0.6) is 0 Å². The number of ether oxygens (including phenoxy) is 1. The summed E-state index contributed by atoms with van der Waals surface area (Å²) in [6, 6.07) is 19.1. The zero-order chi connectivity index (χ0) is 26.9. The number of thiophene rings is 1. The van der Waals surface area contributed by atoms with Gasteiger partial charge >= 0.3 is 5.97 Å². The standard InChI is InChI=1S/C30H23N5O3S/c1-2-25(28(36)35-29-22(15-31)21-11-9-17-6-3-4-8-20(17)26(21)39-29)38-30(37)18-10-12-23-24(14-18)34-27(33-23)19-7-5-13-32-16-19/h3-8,10,12-14,16,25H,2,9,11H2,1H3,(H,33,34)(H,35,36). The van der Waals surface area contributed by atoms with Crippen LogP contribution in [0.3, 0.4) is 0 Å². The van der Waals surface area contributed by atoms with Crippen LogP contribution >= 0.6 is 11.3 Å². The van der Waals surface area contributed by atoms with E-state index in [4.69, 9.17) is 4.74 Å². The fraction of sp³-hybridized carbons (Fsp3) is 0.167. The first kappa shape index (κ1) is 24.5. The van der Waals surface area contributed by atoms with Gasteiger partial charge in [0.2, 0.25) is 0 Å². The van der Waals surface area contributed by atoms with Crippen molar-refractivity contribution in [2.24, 2.45) is 0 Å². The largest absolute Gasteiger partial charge is 0.449 e. The van der Waals surface area contributed by atoms with Crippen LogP contribution < -0.4 is 5.32 Å². The predicted molar refractivity (Wildman–Crippen MR) is 149 cm³/mol. The molecule has 192 valence electrons. The molecule has 1 unspecified atom stereocenters. The van der Waals surface area contributed by atoms with Crippen molar-refractivity contribution in [1.29, 1.82) is 5.26 Å². The molecule has 8 nitrogen and oxygen atoms in total. The number of benzene rings is 2. The quantitative estimate of drug-likeness (QED) is 0.262. The average molecular weight is 534 g/mol. The Morgan fingerprint density at radius 2 is 2.05 bits per heavy atom. The second-order valence-electron chi connectivity index (χ2n) is 9.23. The predicted octanol–water partition coefficient (Wildman–Crippen LogP) is 5.90. The van der Waals surface area contributed by atoms with Gasteiger partial charge in [0.25, 0.3) is 5.91 Å². The zero-order valence-corrected chi connectivity index (χ0v) is 21.8. The van der Waals surface area contributed by atoms with Crippen molar-refractivity contribution in [3.63, 3.8) is 0 Å². The SMILES string of the molecule is CCC(OC(=O)c1ccc2nc(-c3cccnc3)[nH]c2c1)C(=O)Nc1sc2c(c1C#N)CCc1ccccc1-2. The number of anilines is 1. The van der Waals surface area contributed by atoms with Gasteiger partial charge in [0, 0.05) is 22.8 Å². The number of amides is 1. The third kappa shape index (κ3) is 4.56. The number of carbonyl (C=O) groups is 2. The smallest absolute Gasteiger partial charge is 0.338 e. The van der Waals surface area contributed by atoms with E-state index in [0.717, 1.165) is 34.4 Å². The summed E-state index contributed by atoms with van der Waals surface area (Å²) in [7, 11) is 0. The number of pyridine rings is 1. The van der Waals surface area contributed by atoms with Crippen LogP contribution in [0.4, 0.5) is 5.00 Å². The minimum atomic E-state index is -1.01. The van der Waals surface area contributed by atoms with Crippen LogP contribution in [0.2, 0.25) is 0 Å². The Morgan fingerprint density at radius 1 is 1.18 bits per heavy atom. The van der Waals surface area contributed by atoms with E-state index in [2.05, 4.69) is 32.4 Å². The van der Waals surface area contributed by atoms with Crippen molar-refractivity contribution in [2.45, 2.75) is 32.3 Å². The molecule has 1 aliphatic carbocycles. The molecule has 0 saturated carbocycles. The molecule has 1 atom stereocenters. The fourth-order valence-corrected chi connectivity index (χ4v) is 6.10. The highest BCUT2D eigenvalue weighted by atomic mass is 32.1. The minimum Gasteiger partial charge on any atom is -0.449 e. The van der Waals surface area contributed by atoms with Gasteiger partial charge in [-0.25, -0.2) is 9.78 Å². The highest BCUT2D eigenvalue weighted by molar-refractivity contribution is 7.20. The topological polar surface area (TPSA) is 121 Å². The van der Waals surface area contributed by atoms with Crippen LogP contribution in [0.1, 0.15) is 40.4 Å². The number of nitrogens with zero attached hydrogens (tertiary/aromatic N) is 3. The number of fused-ring (bicyclic) bond motifs is 4. The molecule has 9 heteroatoms. The summed E-state index contributed by atoms with van der Waals surface area (Å²) in [6.45, 7) is 1.77. The molecule has 3 heterocycles. The van der Waals surface area contributed by atoms with Gasteiger partial charge in [-0.2, -0.15) is 5.26 Å². The summed E-state index contributed by atoms with van der Waals surface area (Å²) in [5, 5.41) is 13.2. The fourth-order valence-electron chi connectivity index (χ4n) is 4.84. The molecule has 1 amide bonds. The number of imidazole rings is 1. The molecule has 5 aromatic rings. The molecule has 39 heavy (non-hydrogen) atoms. The zero-order valence-electron chi connectivity index (χ0n) is 21.0. The number of aryl methyl sites for hydroxylation is 1. The van der Waals surface area contributed by atoms with E-state index in [1.807, 2.05) is 30.3 Å². The maximum Gasteiger partial charge on any atom is 0.338 e. The Hall–Kier alpha value is -4.81. The maximum absolute atomic E-state index is 13.2. The van der Waals surface area contributed by atoms with E-state index in [9.17, 15) is 14.9 Å². The number of hydrogen-bond donors (Lipinski definition) is 2. The lowest BCUT2D eigenvalue weighted by Gasteiger charge is -2.16. The van der Waals surface area contributed by atoms with Crippen LogP contribution in [-0.4, -0.2) is 32.9 Å². The molecule has 2 aromatic carbocycles. The van der Waals surface area contributed by atoms with Crippen molar-refractivity contribution in [3.8, 4) is 27.9 Å². The lowest BCUT2D eigenvalue weighted by molar-refractivity contribution is -0.124. The van der Waals surface area contributed by atoms with Gasteiger partial charge in [0.1, 0.15) is 16.9 Å². The molecule has 3 aromatic heterocycles. The number of H-pyrrole nitrogens is 1. The molecule has 0 saturated heterocycles. The number of carbonyl (C=O) groups excluding carboxylic acids is 2. The van der Waals surface area contributed by atoms with Crippen molar-refractivity contribution >= 4 is 39.2 Å². The van der Waals surface area contributed by atoms with Gasteiger partial charge in [-0.1, -0.05) is 31.2 Å². The van der Waals surface area contributed by atoms with Crippen LogP contribution in [0.15, 0.2) is 67.0 Å². The first-order chi connectivity index (χ1) is 19.1. The Kier molecular flexibility index (Phi) is 6.39. The van der Waals surface area contributed by atoms with E-state index >= 15 is 0 Å². The maximum atomic E-state index is 13.2. The van der Waals surface area contributed by atoms with Crippen LogP contribution in [-0.2, 0) is 22.4 Å². The van der Waals surface area contributed by atoms with Crippen molar-refractivity contribution in [3.05, 3.63) is 89.2 Å². The summed E-state index contributed by atoms with van der Waals surface area (Å²) >= 11 is 1.39. The first-order valence-corrected chi connectivity index (χ1v) is 13.4. The molecule has 0 aliphatic heterocycles. The Bertz CT molecular complexity index is 1770. The first-order valence-electron chi connectivity index (χ1n) is 12.6. The van der Waals surface area contributed by atoms with Crippen molar-refractivity contribution < 1.29 is 14.3 Å². The summed E-state index contributed by atoms with van der Waals surface area (Å²) < 4.78 is 5.62. The summed E-state index contributed by atoms with van der Waals surface area (Å²) in [5.41, 5.74) is 6.27. The highest BCUT2D eigenvalue weighted by Gasteiger charge is 2.28. The molecule has 0 fully saturated rings. The number of nitriles is 1. The summed E-state index contributed by atoms with van der Waals surface area (Å²) in [6.07, 6.45) is 4.25. The number of nitrogens with one attached hydrogen (secondary N) is 2. The van der Waals surface area contributed by atoms with E-state index in [0.29, 0.717) is 33.0 Å². The van der Waals surface area contributed by atoms with Gasteiger partial charge in [-0.05, 0) is 66.3 Å². The molecule has 0 spiro atoms. The second-order valence-corrected chi connectivity index (χ2v) is 10.3. The van der Waals surface area contributed by atoms with Crippen molar-refractivity contribution in [1.82, 2.24) is 15.0 Å². The number of hydrogen-bond acceptors (Lipinski definition) is 7. The lowest BCUT2D eigenvalue weighted by Crippen LogP contribution is -2.32. The van der Waals surface area contributed by atoms with E-state index in [1.165, 1.54) is 16.9 Å². The van der Waals surface area contributed by atoms with E-state index in [1.54, 1.807) is 37.5 Å². The van der Waals surface area contributed by atoms with Gasteiger partial charge < -0.3 is 15.0 Å². The van der Waals surface area contributed by atoms with Crippen LogP contribution in [0, 0.1) is 11.3 Å². The number of aromatic nitrogens is 3. The monoisotopic (exact) mass is 533 g/mol. The molecular formula is C30H23N5O3S. The van der Waals surface area contributed by atoms with E-state index in [-0.39, 0.29) is 6.42 Å². The minimum absolute atomic E-state index is 0.283. The Labute approximate surface area is 228 Å². The number of esters is 1. The second kappa shape index (κ2) is 10.2. The van der Waals surface area contributed by atoms with Crippen molar-refractivity contribution in [2.75, 3.05) is 5.32 Å². The molecule has 2 N–H and O–H groups in total. The Balaban J connectivity index is 1.20. The average Bonchev–Trinajstić information content (AvgIpc) is 3.56. The molecule has 1 aliphatic rings. The molecule has 6 rings (SSSR count). The van der Waals surface area contributed by atoms with Gasteiger partial charge in [-0.3, -0.25) is 9.78 Å². The van der Waals surface area contributed by atoms with Crippen LogP contribution in [0.25, 0.3) is 32.9 Å². The van der Waals surface area contributed by atoms with Gasteiger partial charge in [0.05, 0.1) is 22.2 Å². The van der Waals surface area contributed by atoms with E-state index < -0.39 is 18.0 Å².